The van der Waals surface area contributed by atoms with Crippen LogP contribution in [0.4, 0.5) is 0 Å². The molecule has 1 atom stereocenters. The van der Waals surface area contributed by atoms with Crippen LogP contribution < -0.4 is 0 Å². The Morgan fingerprint density at radius 1 is 1.47 bits per heavy atom. The first-order valence-corrected chi connectivity index (χ1v) is 7.23. The summed E-state index contributed by atoms with van der Waals surface area (Å²) in [5, 5.41) is 20.6. The van der Waals surface area contributed by atoms with Gasteiger partial charge in [-0.2, -0.15) is 0 Å². The van der Waals surface area contributed by atoms with E-state index in [4.69, 9.17) is 5.11 Å². The number of carbonyl (C=O) groups is 1. The fourth-order valence-corrected chi connectivity index (χ4v) is 2.47. The third kappa shape index (κ3) is 3.54. The van der Waals surface area contributed by atoms with Crippen molar-refractivity contribution in [3.8, 4) is 0 Å². The van der Waals surface area contributed by atoms with Gasteiger partial charge in [-0.1, -0.05) is 39.8 Å². The molecule has 1 N–H and O–H groups in total. The minimum Gasteiger partial charge on any atom is -0.481 e. The van der Waals surface area contributed by atoms with E-state index in [2.05, 4.69) is 31.5 Å². The Morgan fingerprint density at radius 2 is 2.16 bits per heavy atom. The third-order valence-corrected chi connectivity index (χ3v) is 3.95. The Labute approximate surface area is 122 Å². The van der Waals surface area contributed by atoms with Gasteiger partial charge in [0.25, 0.3) is 0 Å². The summed E-state index contributed by atoms with van der Waals surface area (Å²) in [6.07, 6.45) is 0. The molecule has 0 amide bonds. The second-order valence-corrected chi connectivity index (χ2v) is 5.67. The smallest absolute Gasteiger partial charge is 0.313 e. The van der Waals surface area contributed by atoms with Gasteiger partial charge in [0.1, 0.15) is 0 Å². The summed E-state index contributed by atoms with van der Waals surface area (Å²) in [7, 11) is 0. The molecule has 0 bridgehead atoms. The lowest BCUT2D eigenvalue weighted by Gasteiger charge is -2.13. The van der Waals surface area contributed by atoms with Crippen molar-refractivity contribution in [2.75, 3.05) is 5.75 Å². The molecule has 1 heterocycles. The van der Waals surface area contributed by atoms with Gasteiger partial charge in [-0.05, 0) is 35.0 Å². The normalized spacial score (nSPS) is 12.3. The molecule has 1 unspecified atom stereocenters. The van der Waals surface area contributed by atoms with Crippen molar-refractivity contribution in [2.45, 2.75) is 18.1 Å². The molecule has 2 aromatic rings. The molecule has 0 aliphatic heterocycles. The van der Waals surface area contributed by atoms with E-state index in [1.807, 2.05) is 31.2 Å². The Hall–Kier alpha value is -1.41. The van der Waals surface area contributed by atoms with E-state index in [0.717, 1.165) is 21.8 Å². The number of hydrogen-bond acceptors (Lipinski definition) is 5. The van der Waals surface area contributed by atoms with Crippen molar-refractivity contribution in [1.29, 1.82) is 0 Å². The minimum absolute atomic E-state index is 0.0561. The molecular formula is C11H11BrN4O2S. The van der Waals surface area contributed by atoms with Gasteiger partial charge in [0.15, 0.2) is 0 Å². The predicted molar refractivity (Wildman–Crippen MR) is 74.1 cm³/mol. The van der Waals surface area contributed by atoms with E-state index >= 15 is 0 Å². The third-order valence-electron chi connectivity index (χ3n) is 2.51. The topological polar surface area (TPSA) is 80.9 Å². The molecule has 0 saturated carbocycles. The molecule has 0 aliphatic rings. The maximum absolute atomic E-state index is 10.6. The van der Waals surface area contributed by atoms with Gasteiger partial charge in [0, 0.05) is 4.47 Å². The summed E-state index contributed by atoms with van der Waals surface area (Å²) in [5.74, 6) is -0.955. The summed E-state index contributed by atoms with van der Waals surface area (Å²) < 4.78 is 2.62. The highest BCUT2D eigenvalue weighted by molar-refractivity contribution is 9.10. The average molecular weight is 343 g/mol. The van der Waals surface area contributed by atoms with Crippen LogP contribution in [0.25, 0.3) is 0 Å². The number of hydrogen-bond donors (Lipinski definition) is 1. The molecule has 100 valence electrons. The number of carboxylic acids is 1. The van der Waals surface area contributed by atoms with Crippen LogP contribution in [0.15, 0.2) is 33.9 Å². The van der Waals surface area contributed by atoms with Crippen molar-refractivity contribution in [3.63, 3.8) is 0 Å². The molecule has 2 rings (SSSR count). The first-order valence-electron chi connectivity index (χ1n) is 5.46. The first kappa shape index (κ1) is 14.0. The van der Waals surface area contributed by atoms with Gasteiger partial charge < -0.3 is 5.11 Å². The molecule has 6 nitrogen and oxygen atoms in total. The van der Waals surface area contributed by atoms with E-state index in [-0.39, 0.29) is 11.8 Å². The number of carboxylic acid groups (broad SMARTS) is 1. The summed E-state index contributed by atoms with van der Waals surface area (Å²) in [6.45, 7) is 1.96. The van der Waals surface area contributed by atoms with E-state index in [1.54, 1.807) is 4.68 Å². The van der Waals surface area contributed by atoms with Crippen LogP contribution in [0.2, 0.25) is 0 Å². The highest BCUT2D eigenvalue weighted by atomic mass is 79.9. The Kier molecular flexibility index (Phi) is 4.54. The molecule has 1 aromatic heterocycles. The van der Waals surface area contributed by atoms with Gasteiger partial charge in [0.2, 0.25) is 5.16 Å². The lowest BCUT2D eigenvalue weighted by atomic mass is 10.1. The second-order valence-electron chi connectivity index (χ2n) is 3.82. The van der Waals surface area contributed by atoms with Crippen LogP contribution in [-0.2, 0) is 4.79 Å². The van der Waals surface area contributed by atoms with E-state index in [9.17, 15) is 4.79 Å². The number of aromatic nitrogens is 4. The number of halogens is 1. The lowest BCUT2D eigenvalue weighted by Crippen LogP contribution is -2.11. The average Bonchev–Trinajstić information content (AvgIpc) is 2.84. The van der Waals surface area contributed by atoms with Crippen LogP contribution >= 0.6 is 27.7 Å². The van der Waals surface area contributed by atoms with Crippen molar-refractivity contribution < 1.29 is 9.90 Å². The molecule has 8 heteroatoms. The number of rotatable bonds is 5. The molecule has 1 aromatic carbocycles. The Bertz CT molecular complexity index is 572. The van der Waals surface area contributed by atoms with Crippen LogP contribution in [-0.4, -0.2) is 37.0 Å². The van der Waals surface area contributed by atoms with Crippen LogP contribution in [0.3, 0.4) is 0 Å². The van der Waals surface area contributed by atoms with Gasteiger partial charge in [0.05, 0.1) is 11.8 Å². The first-order chi connectivity index (χ1) is 9.08. The fraction of sp³-hybridized carbons (Fsp3) is 0.273. The maximum atomic E-state index is 10.6. The molecule has 0 spiro atoms. The second kappa shape index (κ2) is 6.16. The van der Waals surface area contributed by atoms with Crippen LogP contribution in [0.5, 0.6) is 0 Å². The number of nitrogens with zero attached hydrogens (tertiary/aromatic N) is 4. The quantitative estimate of drug-likeness (QED) is 0.839. The standard InChI is InChI=1S/C11H11BrN4O2S/c1-7(8-2-4-9(12)5-3-8)16-11(13-14-15-16)19-6-10(17)18/h2-5,7H,6H2,1H3,(H,17,18). The highest BCUT2D eigenvalue weighted by Crippen LogP contribution is 2.23. The van der Waals surface area contributed by atoms with Crippen molar-refractivity contribution >= 4 is 33.7 Å². The van der Waals surface area contributed by atoms with E-state index < -0.39 is 5.97 Å². The van der Waals surface area contributed by atoms with E-state index in [0.29, 0.717) is 5.16 Å². The van der Waals surface area contributed by atoms with Gasteiger partial charge in [-0.3, -0.25) is 4.79 Å². The zero-order valence-corrected chi connectivity index (χ0v) is 12.4. The summed E-state index contributed by atoms with van der Waals surface area (Å²) in [5.41, 5.74) is 1.05. The lowest BCUT2D eigenvalue weighted by molar-refractivity contribution is -0.133. The number of thioether (sulfide) groups is 1. The molecule has 0 fully saturated rings. The van der Waals surface area contributed by atoms with Crippen molar-refractivity contribution in [3.05, 3.63) is 34.3 Å². The summed E-state index contributed by atoms with van der Waals surface area (Å²) in [6, 6.07) is 7.78. The highest BCUT2D eigenvalue weighted by Gasteiger charge is 2.16. The largest absolute Gasteiger partial charge is 0.481 e. The van der Waals surface area contributed by atoms with Crippen LogP contribution in [0.1, 0.15) is 18.5 Å². The van der Waals surface area contributed by atoms with Crippen molar-refractivity contribution in [2.24, 2.45) is 0 Å². The monoisotopic (exact) mass is 342 g/mol. The fourth-order valence-electron chi connectivity index (χ4n) is 1.53. The molecule has 0 radical (unpaired) electrons. The van der Waals surface area contributed by atoms with E-state index in [1.165, 1.54) is 0 Å². The zero-order valence-electron chi connectivity index (χ0n) is 10.0. The number of tetrazole rings is 1. The molecular weight excluding hydrogens is 332 g/mol. The number of benzene rings is 1. The minimum atomic E-state index is -0.893. The van der Waals surface area contributed by atoms with Gasteiger partial charge in [-0.15, -0.1) is 5.10 Å². The molecule has 19 heavy (non-hydrogen) atoms. The molecule has 0 aliphatic carbocycles. The Balaban J connectivity index is 2.19. The Morgan fingerprint density at radius 3 is 2.79 bits per heavy atom. The summed E-state index contributed by atoms with van der Waals surface area (Å²) in [4.78, 5) is 10.6. The predicted octanol–water partition coefficient (Wildman–Crippen LogP) is 2.22. The number of aliphatic carboxylic acids is 1. The SMILES string of the molecule is CC(c1ccc(Br)cc1)n1nnnc1SCC(=O)O. The van der Waals surface area contributed by atoms with Gasteiger partial charge in [-0.25, -0.2) is 4.68 Å². The summed E-state index contributed by atoms with van der Waals surface area (Å²) >= 11 is 4.49. The zero-order chi connectivity index (χ0) is 13.8. The van der Waals surface area contributed by atoms with Crippen molar-refractivity contribution in [1.82, 2.24) is 20.2 Å². The van der Waals surface area contributed by atoms with Gasteiger partial charge >= 0.3 is 5.97 Å². The molecule has 0 saturated heterocycles. The maximum Gasteiger partial charge on any atom is 0.313 e. The van der Waals surface area contributed by atoms with Crippen LogP contribution in [0, 0.1) is 0 Å².